The molecule has 1 aromatic rings. The number of benzene rings is 1. The molecule has 0 saturated heterocycles. The summed E-state index contributed by atoms with van der Waals surface area (Å²) in [5, 5.41) is 12.8. The smallest absolute Gasteiger partial charge is 0.150 e. The normalized spacial score (nSPS) is 14.9. The number of hydrogen-bond acceptors (Lipinski definition) is 3. The lowest BCUT2D eigenvalue weighted by molar-refractivity contribution is 0.00844. The number of aliphatic hydroxyl groups excluding tert-OH is 1. The van der Waals surface area contributed by atoms with Crippen LogP contribution in [0.1, 0.15) is 32.8 Å². The molecule has 0 heterocycles. The van der Waals surface area contributed by atoms with Crippen LogP contribution in [0.15, 0.2) is 36.6 Å². The average molecular weight is 249 g/mol. The van der Waals surface area contributed by atoms with Crippen molar-refractivity contribution in [2.45, 2.75) is 39.6 Å². The average Bonchev–Trinajstić information content (AvgIpc) is 2.38. The Morgan fingerprint density at radius 3 is 2.50 bits per heavy atom. The molecule has 2 N–H and O–H groups in total. The second-order valence-corrected chi connectivity index (χ2v) is 4.60. The summed E-state index contributed by atoms with van der Waals surface area (Å²) in [7, 11) is 0. The van der Waals surface area contributed by atoms with Crippen molar-refractivity contribution < 1.29 is 9.84 Å². The SMILES string of the molecule is CCC(NC(O)C(C)C)O/C=C/c1ccccc1. The topological polar surface area (TPSA) is 41.5 Å². The predicted molar refractivity (Wildman–Crippen MR) is 74.6 cm³/mol. The lowest BCUT2D eigenvalue weighted by atomic mass is 10.2. The Morgan fingerprint density at radius 2 is 1.94 bits per heavy atom. The van der Waals surface area contributed by atoms with Crippen molar-refractivity contribution in [3.05, 3.63) is 42.2 Å². The van der Waals surface area contributed by atoms with E-state index in [9.17, 15) is 5.11 Å². The third kappa shape index (κ3) is 5.34. The van der Waals surface area contributed by atoms with Crippen molar-refractivity contribution in [1.82, 2.24) is 5.32 Å². The molecule has 2 atom stereocenters. The van der Waals surface area contributed by atoms with Gasteiger partial charge in [-0.3, -0.25) is 5.32 Å². The van der Waals surface area contributed by atoms with Gasteiger partial charge in [-0.25, -0.2) is 0 Å². The van der Waals surface area contributed by atoms with Crippen molar-refractivity contribution in [3.63, 3.8) is 0 Å². The maximum atomic E-state index is 9.73. The fourth-order valence-corrected chi connectivity index (χ4v) is 1.41. The van der Waals surface area contributed by atoms with Crippen LogP contribution in [0.3, 0.4) is 0 Å². The lowest BCUT2D eigenvalue weighted by Gasteiger charge is -2.23. The Morgan fingerprint density at radius 1 is 1.28 bits per heavy atom. The molecule has 0 aromatic heterocycles. The van der Waals surface area contributed by atoms with Gasteiger partial charge in [0.1, 0.15) is 6.23 Å². The van der Waals surface area contributed by atoms with Crippen LogP contribution < -0.4 is 5.32 Å². The van der Waals surface area contributed by atoms with Crippen molar-refractivity contribution >= 4 is 6.08 Å². The second kappa shape index (κ2) is 7.90. The van der Waals surface area contributed by atoms with Crippen LogP contribution in [-0.2, 0) is 4.74 Å². The lowest BCUT2D eigenvalue weighted by Crippen LogP contribution is -2.41. The van der Waals surface area contributed by atoms with Crippen LogP contribution in [0.5, 0.6) is 0 Å². The number of ether oxygens (including phenoxy) is 1. The van der Waals surface area contributed by atoms with Gasteiger partial charge in [-0.2, -0.15) is 0 Å². The van der Waals surface area contributed by atoms with E-state index in [0.717, 1.165) is 12.0 Å². The third-order valence-electron chi connectivity index (χ3n) is 2.66. The minimum absolute atomic E-state index is 0.164. The first kappa shape index (κ1) is 14.7. The van der Waals surface area contributed by atoms with E-state index < -0.39 is 6.23 Å². The van der Waals surface area contributed by atoms with Crippen LogP contribution in [0, 0.1) is 5.92 Å². The summed E-state index contributed by atoms with van der Waals surface area (Å²) in [6, 6.07) is 9.97. The van der Waals surface area contributed by atoms with Gasteiger partial charge >= 0.3 is 0 Å². The summed E-state index contributed by atoms with van der Waals surface area (Å²) in [5.74, 6) is 0.167. The van der Waals surface area contributed by atoms with E-state index in [1.54, 1.807) is 6.26 Å². The number of rotatable bonds is 7. The van der Waals surface area contributed by atoms with E-state index in [-0.39, 0.29) is 12.1 Å². The van der Waals surface area contributed by atoms with Crippen molar-refractivity contribution in [2.75, 3.05) is 0 Å². The van der Waals surface area contributed by atoms with E-state index in [2.05, 4.69) is 5.32 Å². The van der Waals surface area contributed by atoms with Crippen LogP contribution in [0.4, 0.5) is 0 Å². The highest BCUT2D eigenvalue weighted by Gasteiger charge is 2.13. The van der Waals surface area contributed by atoms with Crippen LogP contribution >= 0.6 is 0 Å². The first-order valence-electron chi connectivity index (χ1n) is 6.44. The largest absolute Gasteiger partial charge is 0.483 e. The molecule has 0 amide bonds. The Balaban J connectivity index is 2.42. The summed E-state index contributed by atoms with van der Waals surface area (Å²) in [5.41, 5.74) is 1.09. The molecule has 2 unspecified atom stereocenters. The summed E-state index contributed by atoms with van der Waals surface area (Å²) < 4.78 is 5.56. The highest BCUT2D eigenvalue weighted by Crippen LogP contribution is 2.05. The van der Waals surface area contributed by atoms with Crippen molar-refractivity contribution in [1.29, 1.82) is 0 Å². The Kier molecular flexibility index (Phi) is 6.47. The number of hydrogen-bond donors (Lipinski definition) is 2. The molecule has 0 spiro atoms. The van der Waals surface area contributed by atoms with Gasteiger partial charge in [0, 0.05) is 0 Å². The summed E-state index contributed by atoms with van der Waals surface area (Å²) in [6.45, 7) is 5.94. The molecule has 3 heteroatoms. The molecule has 0 fully saturated rings. The molecule has 0 aliphatic rings. The van der Waals surface area contributed by atoms with Gasteiger partial charge in [0.2, 0.25) is 0 Å². The van der Waals surface area contributed by atoms with Crippen molar-refractivity contribution in [3.8, 4) is 0 Å². The number of aliphatic hydroxyl groups is 1. The van der Waals surface area contributed by atoms with Crippen LogP contribution in [0.25, 0.3) is 6.08 Å². The Hall–Kier alpha value is -1.32. The fourth-order valence-electron chi connectivity index (χ4n) is 1.41. The Bertz CT molecular complexity index is 349. The van der Waals surface area contributed by atoms with Gasteiger partial charge in [-0.05, 0) is 24.0 Å². The first-order chi connectivity index (χ1) is 8.63. The fraction of sp³-hybridized carbons (Fsp3) is 0.467. The van der Waals surface area contributed by atoms with E-state index in [1.165, 1.54) is 0 Å². The number of nitrogens with one attached hydrogen (secondary N) is 1. The molecule has 1 aromatic carbocycles. The van der Waals surface area contributed by atoms with Gasteiger partial charge in [-0.15, -0.1) is 0 Å². The summed E-state index contributed by atoms with van der Waals surface area (Å²) >= 11 is 0. The zero-order valence-electron chi connectivity index (χ0n) is 11.3. The van der Waals surface area contributed by atoms with Crippen molar-refractivity contribution in [2.24, 2.45) is 5.92 Å². The molecule has 0 aliphatic carbocycles. The van der Waals surface area contributed by atoms with Gasteiger partial charge < -0.3 is 9.84 Å². The van der Waals surface area contributed by atoms with Gasteiger partial charge in [0.25, 0.3) is 0 Å². The molecule has 1 rings (SSSR count). The van der Waals surface area contributed by atoms with Gasteiger partial charge in [-0.1, -0.05) is 51.1 Å². The Labute approximate surface area is 109 Å². The molecule has 0 bridgehead atoms. The predicted octanol–water partition coefficient (Wildman–Crippen LogP) is 2.97. The molecule has 0 radical (unpaired) electrons. The van der Waals surface area contributed by atoms with E-state index in [0.29, 0.717) is 0 Å². The highest BCUT2D eigenvalue weighted by molar-refractivity contribution is 5.47. The minimum Gasteiger partial charge on any atom is -0.483 e. The van der Waals surface area contributed by atoms with E-state index in [4.69, 9.17) is 4.74 Å². The minimum atomic E-state index is -0.542. The zero-order valence-corrected chi connectivity index (χ0v) is 11.3. The zero-order chi connectivity index (χ0) is 13.4. The molecular formula is C15H23NO2. The van der Waals surface area contributed by atoms with Gasteiger partial charge in [0.15, 0.2) is 6.23 Å². The maximum absolute atomic E-state index is 9.73. The maximum Gasteiger partial charge on any atom is 0.150 e. The summed E-state index contributed by atoms with van der Waals surface area (Å²) in [6.07, 6.45) is 3.67. The quantitative estimate of drug-likeness (QED) is 0.576. The molecule has 0 saturated carbocycles. The van der Waals surface area contributed by atoms with Crippen LogP contribution in [-0.4, -0.2) is 17.6 Å². The first-order valence-corrected chi connectivity index (χ1v) is 6.44. The standard InChI is InChI=1S/C15H23NO2/c1-4-14(16-15(17)12(2)3)18-11-10-13-8-6-5-7-9-13/h5-12,14-17H,4H2,1-3H3/b11-10+. The third-order valence-corrected chi connectivity index (χ3v) is 2.66. The monoisotopic (exact) mass is 249 g/mol. The molecule has 3 nitrogen and oxygen atoms in total. The molecular weight excluding hydrogens is 226 g/mol. The van der Waals surface area contributed by atoms with Crippen LogP contribution in [0.2, 0.25) is 0 Å². The van der Waals surface area contributed by atoms with E-state index >= 15 is 0 Å². The van der Waals surface area contributed by atoms with Gasteiger partial charge in [0.05, 0.1) is 6.26 Å². The van der Waals surface area contributed by atoms with E-state index in [1.807, 2.05) is 57.2 Å². The molecule has 100 valence electrons. The molecule has 18 heavy (non-hydrogen) atoms. The second-order valence-electron chi connectivity index (χ2n) is 4.60. The molecule has 0 aliphatic heterocycles. The summed E-state index contributed by atoms with van der Waals surface area (Å²) in [4.78, 5) is 0. The highest BCUT2D eigenvalue weighted by atomic mass is 16.5.